The summed E-state index contributed by atoms with van der Waals surface area (Å²) in [6.45, 7) is 21.5. The summed E-state index contributed by atoms with van der Waals surface area (Å²) in [4.78, 5) is 66.6. The zero-order valence-electron chi connectivity index (χ0n) is 94.6. The van der Waals surface area contributed by atoms with Gasteiger partial charge in [0.2, 0.25) is 11.5 Å². The van der Waals surface area contributed by atoms with Crippen molar-refractivity contribution in [3.05, 3.63) is 124 Å². The maximum atomic E-state index is 16.7. The van der Waals surface area contributed by atoms with Crippen LogP contribution in [0.3, 0.4) is 0 Å². The van der Waals surface area contributed by atoms with Crippen LogP contribution in [0.1, 0.15) is 566 Å². The van der Waals surface area contributed by atoms with Crippen LogP contribution in [0.25, 0.3) is 86.2 Å². The Morgan fingerprint density at radius 3 is 0.568 bits per heavy atom. The molecule has 12 heteroatoms. The minimum atomic E-state index is -0.318. The minimum Gasteiger partial charge on any atom is -0.490 e. The van der Waals surface area contributed by atoms with Crippen molar-refractivity contribution in [1.82, 2.24) is 9.13 Å². The molecule has 2 aromatic heterocycles. The fourth-order valence-corrected chi connectivity index (χ4v) is 23.8. The van der Waals surface area contributed by atoms with Gasteiger partial charge in [-0.25, -0.2) is 0 Å². The zero-order chi connectivity index (χ0) is 103. The summed E-state index contributed by atoms with van der Waals surface area (Å²) in [7, 11) is 0. The molecule has 0 bridgehead atoms. The van der Waals surface area contributed by atoms with Crippen molar-refractivity contribution in [3.8, 4) is 34.5 Å². The quantitative estimate of drug-likeness (QED) is 0.0206. The van der Waals surface area contributed by atoms with Crippen LogP contribution in [-0.2, 0) is 25.9 Å². The zero-order valence-corrected chi connectivity index (χ0v) is 94.6. The lowest BCUT2D eigenvalue weighted by Gasteiger charge is -2.26. The maximum Gasteiger partial charge on any atom is 0.261 e. The Balaban J connectivity index is 1.04. The normalized spacial score (nSPS) is 12.1. The Bertz CT molecular complexity index is 5150. The average Bonchev–Trinajstić information content (AvgIpc) is 0.659. The van der Waals surface area contributed by atoms with E-state index >= 15 is 19.2 Å². The van der Waals surface area contributed by atoms with Gasteiger partial charge < -0.3 is 28.4 Å². The van der Waals surface area contributed by atoms with Crippen LogP contribution in [0.4, 0.5) is 0 Å². The highest BCUT2D eigenvalue weighted by Gasteiger charge is 2.32. The standard InChI is InChI=1S/C134H206N2O10/c1-9-17-25-33-41-49-55-63-71-79-87-141-117-93-105(94-118(142-88-80-72-64-56-50-42-34-26-18-10-2)129(117)145-91-83-75-67-59-53-45-37-29-21-13-5)103-135-131(137)113-99-109-97-108(86-78-70-62-48-40-32-24-16-8)112-102-116-124-114(100-110-98-107(85-77-69-61-47-39-31-23-15-7)111-101-115(133(135)139)123(113)127-121(109)126(112)128(124)122(110)125(111)127)132(138)136(134(116)140)104-106-95-119(143-89-81-73-65-57-51-43-35-27-19-11-3)130(146-92-84-76-68-60-54-46-38-30-22-14-6)120(96-106)144-90-82-74-66-58-52-44-36-28-20-12-4/h93-102H,9-92,103-104H2,1-8H3. The van der Waals surface area contributed by atoms with E-state index in [0.29, 0.717) is 106 Å². The molecule has 0 aliphatic carbocycles. The molecule has 12 nitrogen and oxygen atoms in total. The van der Waals surface area contributed by atoms with Crippen LogP contribution in [0, 0.1) is 0 Å². The van der Waals surface area contributed by atoms with Crippen molar-refractivity contribution < 1.29 is 28.4 Å². The van der Waals surface area contributed by atoms with Crippen LogP contribution in [-0.4, -0.2) is 48.8 Å². The van der Waals surface area contributed by atoms with Gasteiger partial charge in [-0.1, -0.05) is 504 Å². The van der Waals surface area contributed by atoms with Gasteiger partial charge in [0.05, 0.1) is 52.7 Å². The lowest BCUT2D eigenvalue weighted by atomic mass is 9.77. The number of aromatic nitrogens is 2. The maximum absolute atomic E-state index is 16.7. The van der Waals surface area contributed by atoms with Gasteiger partial charge in [0.25, 0.3) is 22.2 Å². The van der Waals surface area contributed by atoms with E-state index in [-0.39, 0.29) is 35.3 Å². The predicted octanol–water partition coefficient (Wildman–Crippen LogP) is 40.4. The van der Waals surface area contributed by atoms with Crippen LogP contribution in [0.2, 0.25) is 0 Å². The number of nitrogens with zero attached hydrogens (tertiary/aromatic N) is 2. The van der Waals surface area contributed by atoms with E-state index in [1.165, 1.54) is 382 Å². The number of hydrogen-bond donors (Lipinski definition) is 0. The van der Waals surface area contributed by atoms with Gasteiger partial charge in [0.15, 0.2) is 23.0 Å². The van der Waals surface area contributed by atoms with Crippen molar-refractivity contribution >= 4 is 86.2 Å². The second-order valence-corrected chi connectivity index (χ2v) is 45.2. The third-order valence-corrected chi connectivity index (χ3v) is 32.6. The first-order chi connectivity index (χ1) is 72.0. The molecule has 0 amide bonds. The molecule has 0 N–H and O–H groups in total. The van der Waals surface area contributed by atoms with Crippen molar-refractivity contribution in [2.45, 2.75) is 569 Å². The van der Waals surface area contributed by atoms with E-state index < -0.39 is 0 Å². The molecule has 0 aliphatic rings. The summed E-state index contributed by atoms with van der Waals surface area (Å²) in [5.41, 5.74) is 2.52. The molecular formula is C134H206N2O10. The van der Waals surface area contributed by atoms with E-state index in [4.69, 9.17) is 28.4 Å². The SMILES string of the molecule is CCCCCCCCCCCCOc1cc(Cn2c(=O)c3cc4cc(CCCCCCCCCC)c5cc6c(=O)n(Cc7cc(OCCCCCCCCCCCC)c(OCCCCCCCCCCCC)c(OCCCCCCCCCCCC)c7)c(=O)c7cc8cc(CCCCCCCCCC)c9cc(c2=O)c3c2c4c5c(c76)c8c92)cc(OCCCCCCCCCCCC)c1OCCCCCCCCCCCC. The van der Waals surface area contributed by atoms with Gasteiger partial charge in [0.1, 0.15) is 0 Å². The summed E-state index contributed by atoms with van der Waals surface area (Å²) < 4.78 is 45.1. The Morgan fingerprint density at radius 1 is 0.171 bits per heavy atom. The van der Waals surface area contributed by atoms with Crippen LogP contribution >= 0.6 is 0 Å². The number of unbranched alkanes of at least 4 members (excludes halogenated alkanes) is 68. The van der Waals surface area contributed by atoms with Gasteiger partial charge in [-0.2, -0.15) is 0 Å². The predicted molar refractivity (Wildman–Crippen MR) is 631 cm³/mol. The number of pyridine rings is 2. The van der Waals surface area contributed by atoms with Gasteiger partial charge in [-0.05, 0) is 178 Å². The van der Waals surface area contributed by atoms with E-state index in [0.717, 1.165) is 205 Å². The number of benzene rings is 9. The summed E-state index contributed by atoms with van der Waals surface area (Å²) in [6.07, 6.45) is 93.7. The van der Waals surface area contributed by atoms with E-state index in [1.54, 1.807) is 0 Å². The molecule has 146 heavy (non-hydrogen) atoms. The number of hydrogen-bond acceptors (Lipinski definition) is 10. The van der Waals surface area contributed by atoms with Crippen molar-refractivity contribution in [1.29, 1.82) is 0 Å². The molecule has 0 unspecified atom stereocenters. The summed E-state index contributed by atoms with van der Waals surface area (Å²) in [6, 6.07) is 21.5. The van der Waals surface area contributed by atoms with Gasteiger partial charge in [-0.3, -0.25) is 28.3 Å². The first-order valence-electron chi connectivity index (χ1n) is 62.6. The van der Waals surface area contributed by atoms with Crippen molar-refractivity contribution in [2.24, 2.45) is 0 Å². The molecule has 0 aliphatic heterocycles. The highest BCUT2D eigenvalue weighted by Crippen LogP contribution is 2.54. The number of aryl methyl sites for hydroxylation is 2. The monoisotopic (exact) mass is 2000 g/mol. The molecule has 0 saturated carbocycles. The van der Waals surface area contributed by atoms with Gasteiger partial charge in [-0.15, -0.1) is 0 Å². The largest absolute Gasteiger partial charge is 0.490 e. The Kier molecular flexibility index (Phi) is 57.3. The summed E-state index contributed by atoms with van der Waals surface area (Å²) >= 11 is 0. The Morgan fingerprint density at radius 2 is 0.356 bits per heavy atom. The highest BCUT2D eigenvalue weighted by atomic mass is 16.5. The Hall–Kier alpha value is -7.60. The second kappa shape index (κ2) is 70.5. The van der Waals surface area contributed by atoms with E-state index in [1.807, 2.05) is 0 Å². The molecule has 0 fully saturated rings. The van der Waals surface area contributed by atoms with E-state index in [2.05, 4.69) is 116 Å². The number of ether oxygens (including phenoxy) is 6. The molecule has 0 spiro atoms. The molecule has 9 aromatic carbocycles. The average molecular weight is 2010 g/mol. The highest BCUT2D eigenvalue weighted by molar-refractivity contribution is 6.50. The summed E-state index contributed by atoms with van der Waals surface area (Å²) in [5, 5.41) is 13.3. The lowest BCUT2D eigenvalue weighted by molar-refractivity contribution is 0.233. The second-order valence-electron chi connectivity index (χ2n) is 45.2. The van der Waals surface area contributed by atoms with Crippen molar-refractivity contribution in [2.75, 3.05) is 39.6 Å². The first-order valence-corrected chi connectivity index (χ1v) is 62.6. The molecule has 0 radical (unpaired) electrons. The molecule has 2 heterocycles. The van der Waals surface area contributed by atoms with Crippen LogP contribution < -0.4 is 50.7 Å². The molecule has 11 rings (SSSR count). The third-order valence-electron chi connectivity index (χ3n) is 32.6. The fraction of sp³-hybridized carbons (Fsp3) is 0.701. The molecular weight excluding hydrogens is 1800 g/mol. The van der Waals surface area contributed by atoms with Gasteiger partial charge in [0, 0.05) is 43.1 Å². The smallest absolute Gasteiger partial charge is 0.261 e. The van der Waals surface area contributed by atoms with E-state index in [9.17, 15) is 0 Å². The minimum absolute atomic E-state index is 0.0121. The molecule has 0 saturated heterocycles. The molecule has 11 aromatic rings. The van der Waals surface area contributed by atoms with Crippen LogP contribution in [0.5, 0.6) is 34.5 Å². The fourth-order valence-electron chi connectivity index (χ4n) is 23.8. The lowest BCUT2D eigenvalue weighted by Crippen LogP contribution is -2.34. The van der Waals surface area contributed by atoms with Crippen LogP contribution in [0.15, 0.2) is 79.8 Å². The van der Waals surface area contributed by atoms with Gasteiger partial charge >= 0.3 is 0 Å². The van der Waals surface area contributed by atoms with Crippen molar-refractivity contribution in [3.63, 3.8) is 0 Å². The summed E-state index contributed by atoms with van der Waals surface area (Å²) in [5.74, 6) is 3.73. The molecule has 0 atom stereocenters. The first kappa shape index (κ1) is 119. The molecule has 812 valence electrons. The number of rotatable bonds is 94. The topological polar surface area (TPSA) is 134 Å². The Labute approximate surface area is 885 Å². The third kappa shape index (κ3) is 37.5.